The van der Waals surface area contributed by atoms with Gasteiger partial charge in [-0.15, -0.1) is 0 Å². The minimum absolute atomic E-state index is 0.180. The first kappa shape index (κ1) is 24.9. The van der Waals surface area contributed by atoms with Gasteiger partial charge in [0.1, 0.15) is 18.6 Å². The van der Waals surface area contributed by atoms with Gasteiger partial charge in [-0.2, -0.15) is 0 Å². The third kappa shape index (κ3) is 7.09. The first-order chi connectivity index (χ1) is 15.1. The molecule has 0 aliphatic carbocycles. The van der Waals surface area contributed by atoms with E-state index >= 15 is 0 Å². The van der Waals surface area contributed by atoms with Crippen LogP contribution in [-0.2, 0) is 25.6 Å². The van der Waals surface area contributed by atoms with Gasteiger partial charge in [0, 0.05) is 23.5 Å². The second kappa shape index (κ2) is 11.3. The molecule has 32 heavy (non-hydrogen) atoms. The van der Waals surface area contributed by atoms with Crippen molar-refractivity contribution in [2.24, 2.45) is 11.7 Å². The summed E-state index contributed by atoms with van der Waals surface area (Å²) in [6.45, 7) is 4.77. The third-order valence-corrected chi connectivity index (χ3v) is 4.96. The number of hydrogen-bond donors (Lipinski definition) is 6. The lowest BCUT2D eigenvalue weighted by molar-refractivity contribution is -0.138. The Morgan fingerprint density at radius 1 is 1.03 bits per heavy atom. The molecule has 0 saturated heterocycles. The van der Waals surface area contributed by atoms with Crippen molar-refractivity contribution in [2.75, 3.05) is 6.54 Å². The second-order valence-electron chi connectivity index (χ2n) is 8.20. The average Bonchev–Trinajstić information content (AvgIpc) is 3.13. The lowest BCUT2D eigenvalue weighted by Crippen LogP contribution is -2.56. The van der Waals surface area contributed by atoms with Crippen LogP contribution in [0.2, 0.25) is 0 Å². The van der Waals surface area contributed by atoms with Crippen LogP contribution in [-0.4, -0.2) is 58.5 Å². The molecule has 1 aromatic heterocycles. The molecule has 1 heterocycles. The molecular formula is C22H31N5O5. The molecule has 3 atom stereocenters. The van der Waals surface area contributed by atoms with Crippen molar-refractivity contribution in [1.29, 1.82) is 0 Å². The summed E-state index contributed by atoms with van der Waals surface area (Å²) in [4.78, 5) is 51.4. The molecule has 0 fully saturated rings. The summed E-state index contributed by atoms with van der Waals surface area (Å²) in [6, 6.07) is 4.83. The maximum absolute atomic E-state index is 13.0. The Kier molecular flexibility index (Phi) is 8.77. The number of nitrogens with two attached hydrogens (primary N) is 1. The van der Waals surface area contributed by atoms with Crippen LogP contribution in [0.5, 0.6) is 0 Å². The number of fused-ring (bicyclic) bond motifs is 1. The van der Waals surface area contributed by atoms with Crippen LogP contribution in [0, 0.1) is 5.92 Å². The Morgan fingerprint density at radius 3 is 2.38 bits per heavy atom. The zero-order chi connectivity index (χ0) is 23.8. The number of H-pyrrole nitrogens is 1. The third-order valence-electron chi connectivity index (χ3n) is 4.96. The van der Waals surface area contributed by atoms with Crippen molar-refractivity contribution >= 4 is 34.6 Å². The Balaban J connectivity index is 2.17. The standard InChI is InChI=1S/C22H31N5O5/c1-12(2)8-16(23)21(31)27-18(9-14-10-24-17-7-5-4-6-15(14)17)22(32)26-13(3)20(30)25-11-19(28)29/h4-7,10,12-13,16,18,24H,8-9,11,23H2,1-3H3,(H,25,30)(H,26,32)(H,27,31)(H,28,29)/t13-,16-,18-/m0/s1. The highest BCUT2D eigenvalue weighted by Crippen LogP contribution is 2.19. The Morgan fingerprint density at radius 2 is 1.72 bits per heavy atom. The molecule has 10 heteroatoms. The number of aromatic nitrogens is 1. The molecule has 174 valence electrons. The van der Waals surface area contributed by atoms with Gasteiger partial charge in [0.25, 0.3) is 0 Å². The first-order valence-electron chi connectivity index (χ1n) is 10.5. The normalized spacial score (nSPS) is 13.9. The molecule has 0 aliphatic rings. The fourth-order valence-corrected chi connectivity index (χ4v) is 3.32. The van der Waals surface area contributed by atoms with E-state index in [1.807, 2.05) is 38.1 Å². The van der Waals surface area contributed by atoms with Crippen LogP contribution >= 0.6 is 0 Å². The van der Waals surface area contributed by atoms with Crippen LogP contribution in [0.15, 0.2) is 30.5 Å². The van der Waals surface area contributed by atoms with Crippen molar-refractivity contribution in [3.63, 3.8) is 0 Å². The summed E-state index contributed by atoms with van der Waals surface area (Å²) < 4.78 is 0. The molecule has 0 radical (unpaired) electrons. The Bertz CT molecular complexity index is 971. The van der Waals surface area contributed by atoms with Gasteiger partial charge >= 0.3 is 5.97 Å². The van der Waals surface area contributed by atoms with Crippen molar-refractivity contribution in [2.45, 2.75) is 51.7 Å². The zero-order valence-corrected chi connectivity index (χ0v) is 18.5. The fourth-order valence-electron chi connectivity index (χ4n) is 3.32. The highest BCUT2D eigenvalue weighted by molar-refractivity contribution is 5.94. The number of hydrogen-bond acceptors (Lipinski definition) is 5. The number of carboxylic acid groups (broad SMARTS) is 1. The predicted molar refractivity (Wildman–Crippen MR) is 120 cm³/mol. The number of carboxylic acids is 1. The van der Waals surface area contributed by atoms with E-state index in [0.717, 1.165) is 16.5 Å². The van der Waals surface area contributed by atoms with Gasteiger partial charge in [-0.05, 0) is 30.9 Å². The van der Waals surface area contributed by atoms with Gasteiger partial charge < -0.3 is 31.8 Å². The molecule has 0 bridgehead atoms. The average molecular weight is 446 g/mol. The van der Waals surface area contributed by atoms with E-state index in [1.54, 1.807) is 6.20 Å². The van der Waals surface area contributed by atoms with Crippen molar-refractivity contribution < 1.29 is 24.3 Å². The maximum Gasteiger partial charge on any atom is 0.322 e. The summed E-state index contributed by atoms with van der Waals surface area (Å²) in [5, 5.41) is 17.1. The van der Waals surface area contributed by atoms with E-state index in [1.165, 1.54) is 6.92 Å². The smallest absolute Gasteiger partial charge is 0.322 e. The van der Waals surface area contributed by atoms with E-state index in [4.69, 9.17) is 10.8 Å². The largest absolute Gasteiger partial charge is 0.480 e. The lowest BCUT2D eigenvalue weighted by Gasteiger charge is -2.23. The fraction of sp³-hybridized carbons (Fsp3) is 0.455. The molecule has 3 amide bonds. The predicted octanol–water partition coefficient (Wildman–Crippen LogP) is 0.274. The van der Waals surface area contributed by atoms with Crippen LogP contribution in [0.4, 0.5) is 0 Å². The number of carbonyl (C=O) groups excluding carboxylic acids is 3. The van der Waals surface area contributed by atoms with Gasteiger partial charge in [-0.3, -0.25) is 19.2 Å². The summed E-state index contributed by atoms with van der Waals surface area (Å²) >= 11 is 0. The van der Waals surface area contributed by atoms with Crippen molar-refractivity contribution in [1.82, 2.24) is 20.9 Å². The topological polar surface area (TPSA) is 166 Å². The van der Waals surface area contributed by atoms with E-state index in [0.29, 0.717) is 6.42 Å². The molecule has 0 saturated carbocycles. The quantitative estimate of drug-likeness (QED) is 0.290. The van der Waals surface area contributed by atoms with Gasteiger partial charge in [0.15, 0.2) is 0 Å². The molecule has 0 aliphatic heterocycles. The van der Waals surface area contributed by atoms with E-state index < -0.39 is 48.4 Å². The molecule has 0 spiro atoms. The molecule has 10 nitrogen and oxygen atoms in total. The van der Waals surface area contributed by atoms with Gasteiger partial charge in [0.2, 0.25) is 17.7 Å². The highest BCUT2D eigenvalue weighted by Gasteiger charge is 2.27. The number of amides is 3. The van der Waals surface area contributed by atoms with Crippen LogP contribution < -0.4 is 21.7 Å². The van der Waals surface area contributed by atoms with Crippen LogP contribution in [0.1, 0.15) is 32.8 Å². The molecule has 1 aromatic carbocycles. The van der Waals surface area contributed by atoms with E-state index in [2.05, 4.69) is 20.9 Å². The number of rotatable bonds is 11. The molecule has 7 N–H and O–H groups in total. The van der Waals surface area contributed by atoms with E-state index in [9.17, 15) is 19.2 Å². The highest BCUT2D eigenvalue weighted by atomic mass is 16.4. The summed E-state index contributed by atoms with van der Waals surface area (Å²) in [7, 11) is 0. The Hall–Kier alpha value is -3.40. The minimum Gasteiger partial charge on any atom is -0.480 e. The van der Waals surface area contributed by atoms with Crippen LogP contribution in [0.25, 0.3) is 10.9 Å². The van der Waals surface area contributed by atoms with Crippen LogP contribution in [0.3, 0.4) is 0 Å². The molecular weight excluding hydrogens is 414 g/mol. The summed E-state index contributed by atoms with van der Waals surface area (Å²) in [5.41, 5.74) is 7.69. The maximum atomic E-state index is 13.0. The molecule has 2 rings (SSSR count). The number of benzene rings is 1. The number of carbonyl (C=O) groups is 4. The SMILES string of the molecule is CC(C)C[C@H](N)C(=O)N[C@@H](Cc1c[nH]c2ccccc12)C(=O)N[C@@H](C)C(=O)NCC(=O)O. The lowest BCUT2D eigenvalue weighted by atomic mass is 10.0. The molecule has 0 unspecified atom stereocenters. The monoisotopic (exact) mass is 445 g/mol. The van der Waals surface area contributed by atoms with Gasteiger partial charge in [0.05, 0.1) is 6.04 Å². The number of aliphatic carboxylic acids is 1. The number of para-hydroxylation sites is 1. The van der Waals surface area contributed by atoms with Crippen molar-refractivity contribution in [3.8, 4) is 0 Å². The second-order valence-corrected chi connectivity index (χ2v) is 8.20. The summed E-state index contributed by atoms with van der Waals surface area (Å²) in [6.07, 6.45) is 2.41. The summed E-state index contributed by atoms with van der Waals surface area (Å²) in [5.74, 6) is -2.66. The zero-order valence-electron chi connectivity index (χ0n) is 18.5. The van der Waals surface area contributed by atoms with Gasteiger partial charge in [-0.1, -0.05) is 32.0 Å². The first-order valence-corrected chi connectivity index (χ1v) is 10.5. The van der Waals surface area contributed by atoms with Gasteiger partial charge in [-0.25, -0.2) is 0 Å². The number of nitrogens with one attached hydrogen (secondary N) is 4. The Labute approximate surface area is 186 Å². The molecule has 2 aromatic rings. The van der Waals surface area contributed by atoms with Crippen molar-refractivity contribution in [3.05, 3.63) is 36.0 Å². The minimum atomic E-state index is -1.19. The number of aromatic amines is 1. The van der Waals surface area contributed by atoms with E-state index in [-0.39, 0.29) is 12.3 Å².